The molecule has 0 saturated carbocycles. The molecule has 3 heterocycles. The number of piperazine rings is 1. The summed E-state index contributed by atoms with van der Waals surface area (Å²) in [5.41, 5.74) is 0. The van der Waals surface area contributed by atoms with E-state index in [1.165, 1.54) is 0 Å². The fourth-order valence-electron chi connectivity index (χ4n) is 3.51. The highest BCUT2D eigenvalue weighted by atomic mass is 35.5. The number of aromatic nitrogens is 1. The number of amides is 3. The second-order valence-electron chi connectivity index (χ2n) is 6.86. The molecule has 0 aliphatic carbocycles. The van der Waals surface area contributed by atoms with Gasteiger partial charge in [0.05, 0.1) is 5.02 Å². The molecule has 0 unspecified atom stereocenters. The van der Waals surface area contributed by atoms with Gasteiger partial charge < -0.3 is 20.4 Å². The first-order chi connectivity index (χ1) is 12.0. The molecule has 7 nitrogen and oxygen atoms in total. The van der Waals surface area contributed by atoms with Crippen LogP contribution in [0.1, 0.15) is 20.3 Å². The van der Waals surface area contributed by atoms with Crippen molar-refractivity contribution in [1.82, 2.24) is 20.5 Å². The van der Waals surface area contributed by atoms with E-state index in [1.54, 1.807) is 17.2 Å². The molecule has 2 aliphatic rings. The Kier molecular flexibility index (Phi) is 5.32. The van der Waals surface area contributed by atoms with Gasteiger partial charge in [-0.05, 0) is 24.5 Å². The Morgan fingerprint density at radius 3 is 2.96 bits per heavy atom. The van der Waals surface area contributed by atoms with Crippen LogP contribution in [-0.4, -0.2) is 60.1 Å². The zero-order chi connectivity index (χ0) is 18.0. The number of rotatable bonds is 3. The molecule has 3 amide bonds. The lowest BCUT2D eigenvalue weighted by Gasteiger charge is -2.37. The van der Waals surface area contributed by atoms with Crippen LogP contribution in [-0.2, 0) is 4.79 Å². The van der Waals surface area contributed by atoms with Gasteiger partial charge >= 0.3 is 6.03 Å². The van der Waals surface area contributed by atoms with Gasteiger partial charge in [-0.15, -0.1) is 0 Å². The van der Waals surface area contributed by atoms with E-state index in [-0.39, 0.29) is 23.9 Å². The zero-order valence-corrected chi connectivity index (χ0v) is 15.3. The normalized spacial score (nSPS) is 23.8. The van der Waals surface area contributed by atoms with Crippen LogP contribution >= 0.6 is 11.6 Å². The maximum absolute atomic E-state index is 12.7. The van der Waals surface area contributed by atoms with Crippen LogP contribution in [0.4, 0.5) is 10.6 Å². The van der Waals surface area contributed by atoms with E-state index in [2.05, 4.69) is 20.5 Å². The summed E-state index contributed by atoms with van der Waals surface area (Å²) < 4.78 is 0. The van der Waals surface area contributed by atoms with Crippen molar-refractivity contribution in [2.24, 2.45) is 5.92 Å². The number of hydrogen-bond acceptors (Lipinski definition) is 4. The topological polar surface area (TPSA) is 77.6 Å². The van der Waals surface area contributed by atoms with Crippen molar-refractivity contribution in [3.63, 3.8) is 0 Å². The summed E-state index contributed by atoms with van der Waals surface area (Å²) in [4.78, 5) is 32.9. The monoisotopic (exact) mass is 365 g/mol. The van der Waals surface area contributed by atoms with Crippen LogP contribution in [0.15, 0.2) is 18.3 Å². The smallest absolute Gasteiger partial charge is 0.318 e. The van der Waals surface area contributed by atoms with Crippen molar-refractivity contribution < 1.29 is 9.59 Å². The van der Waals surface area contributed by atoms with Gasteiger partial charge in [0.2, 0.25) is 5.91 Å². The summed E-state index contributed by atoms with van der Waals surface area (Å²) in [7, 11) is 0. The molecule has 0 aromatic carbocycles. The van der Waals surface area contributed by atoms with E-state index in [9.17, 15) is 9.59 Å². The molecule has 3 rings (SSSR count). The predicted molar refractivity (Wildman–Crippen MR) is 96.7 cm³/mol. The van der Waals surface area contributed by atoms with Gasteiger partial charge in [-0.2, -0.15) is 0 Å². The van der Waals surface area contributed by atoms with Gasteiger partial charge in [0.15, 0.2) is 0 Å². The van der Waals surface area contributed by atoms with Crippen LogP contribution in [0, 0.1) is 5.92 Å². The van der Waals surface area contributed by atoms with Gasteiger partial charge in [0, 0.05) is 38.4 Å². The van der Waals surface area contributed by atoms with Gasteiger partial charge in [-0.3, -0.25) is 4.79 Å². The standard InChI is InChI=1S/C17H24ClN5O2/c1-11(2)14-16(24)20-7-9-23(14)17(25)21-12-5-8-22(10-12)15-13(18)4-3-6-19-15/h3-4,6,11-12,14H,5,7-10H2,1-2H3,(H,20,24)(H,21,25)/t12-,14-/m1/s1. The molecule has 2 atom stereocenters. The average Bonchev–Trinajstić information content (AvgIpc) is 3.02. The third-order valence-corrected chi connectivity index (χ3v) is 5.00. The molecular weight excluding hydrogens is 342 g/mol. The van der Waals surface area contributed by atoms with Crippen molar-refractivity contribution in [2.45, 2.75) is 32.4 Å². The van der Waals surface area contributed by atoms with Gasteiger partial charge in [-0.1, -0.05) is 25.4 Å². The molecule has 0 spiro atoms. The van der Waals surface area contributed by atoms with E-state index in [4.69, 9.17) is 11.6 Å². The lowest BCUT2D eigenvalue weighted by atomic mass is 10.00. The van der Waals surface area contributed by atoms with Crippen LogP contribution < -0.4 is 15.5 Å². The molecule has 2 aliphatic heterocycles. The second kappa shape index (κ2) is 7.47. The molecule has 136 valence electrons. The van der Waals surface area contributed by atoms with E-state index >= 15 is 0 Å². The van der Waals surface area contributed by atoms with E-state index < -0.39 is 6.04 Å². The van der Waals surface area contributed by atoms with Crippen LogP contribution in [0.3, 0.4) is 0 Å². The highest BCUT2D eigenvalue weighted by molar-refractivity contribution is 6.32. The highest BCUT2D eigenvalue weighted by Crippen LogP contribution is 2.26. The Hall–Kier alpha value is -2.02. The molecule has 2 saturated heterocycles. The fourth-order valence-corrected chi connectivity index (χ4v) is 3.75. The lowest BCUT2D eigenvalue weighted by Crippen LogP contribution is -2.62. The number of pyridine rings is 1. The van der Waals surface area contributed by atoms with Crippen LogP contribution in [0.5, 0.6) is 0 Å². The minimum absolute atomic E-state index is 0.0170. The van der Waals surface area contributed by atoms with E-state index in [0.717, 1.165) is 18.8 Å². The number of nitrogens with one attached hydrogen (secondary N) is 2. The number of carbonyl (C=O) groups excluding carboxylic acids is 2. The summed E-state index contributed by atoms with van der Waals surface area (Å²) in [6.45, 7) is 6.38. The first kappa shape index (κ1) is 17.8. The second-order valence-corrected chi connectivity index (χ2v) is 7.27. The Labute approximate surface area is 152 Å². The van der Waals surface area contributed by atoms with Crippen LogP contribution in [0.2, 0.25) is 5.02 Å². The minimum atomic E-state index is -0.420. The van der Waals surface area contributed by atoms with Gasteiger partial charge in [0.25, 0.3) is 0 Å². The molecule has 0 bridgehead atoms. The molecule has 0 radical (unpaired) electrons. The van der Waals surface area contributed by atoms with Crippen molar-refractivity contribution >= 4 is 29.4 Å². The summed E-state index contributed by atoms with van der Waals surface area (Å²) in [5, 5.41) is 6.52. The Bertz CT molecular complexity index is 654. The largest absolute Gasteiger partial charge is 0.353 e. The van der Waals surface area contributed by atoms with Crippen molar-refractivity contribution in [3.05, 3.63) is 23.4 Å². The first-order valence-corrected chi connectivity index (χ1v) is 9.05. The maximum Gasteiger partial charge on any atom is 0.318 e. The summed E-state index contributed by atoms with van der Waals surface area (Å²) in [5.74, 6) is 0.737. The molecule has 25 heavy (non-hydrogen) atoms. The number of carbonyl (C=O) groups is 2. The summed E-state index contributed by atoms with van der Waals surface area (Å²) >= 11 is 6.21. The predicted octanol–water partition coefficient (Wildman–Crippen LogP) is 1.48. The lowest BCUT2D eigenvalue weighted by molar-refractivity contribution is -0.129. The number of anilines is 1. The quantitative estimate of drug-likeness (QED) is 0.850. The van der Waals surface area contributed by atoms with Gasteiger partial charge in [0.1, 0.15) is 11.9 Å². The summed E-state index contributed by atoms with van der Waals surface area (Å²) in [6, 6.07) is 3.04. The zero-order valence-electron chi connectivity index (χ0n) is 14.5. The third kappa shape index (κ3) is 3.81. The van der Waals surface area contributed by atoms with Crippen molar-refractivity contribution in [1.29, 1.82) is 0 Å². The number of hydrogen-bond donors (Lipinski definition) is 2. The van der Waals surface area contributed by atoms with E-state index in [1.807, 2.05) is 19.9 Å². The first-order valence-electron chi connectivity index (χ1n) is 8.67. The SMILES string of the molecule is CC(C)[C@@H]1C(=O)NCCN1C(=O)N[C@@H]1CCN(c2ncccc2Cl)C1. The fraction of sp³-hybridized carbons (Fsp3) is 0.588. The van der Waals surface area contributed by atoms with Gasteiger partial charge in [-0.25, -0.2) is 9.78 Å². The molecule has 1 aromatic heterocycles. The minimum Gasteiger partial charge on any atom is -0.353 e. The molecule has 2 N–H and O–H groups in total. The number of nitrogens with zero attached hydrogens (tertiary/aromatic N) is 3. The number of urea groups is 1. The molecule has 1 aromatic rings. The summed E-state index contributed by atoms with van der Waals surface area (Å²) in [6.07, 6.45) is 2.54. The Morgan fingerprint density at radius 1 is 1.44 bits per heavy atom. The number of halogens is 1. The molecule has 8 heteroatoms. The Morgan fingerprint density at radius 2 is 2.24 bits per heavy atom. The average molecular weight is 366 g/mol. The maximum atomic E-state index is 12.7. The third-order valence-electron chi connectivity index (χ3n) is 4.70. The van der Waals surface area contributed by atoms with Crippen LogP contribution in [0.25, 0.3) is 0 Å². The Balaban J connectivity index is 1.62. The highest BCUT2D eigenvalue weighted by Gasteiger charge is 2.36. The van der Waals surface area contributed by atoms with E-state index in [0.29, 0.717) is 24.7 Å². The molecule has 2 fully saturated rings. The van der Waals surface area contributed by atoms with Crippen molar-refractivity contribution in [2.75, 3.05) is 31.1 Å². The molecular formula is C17H24ClN5O2. The van der Waals surface area contributed by atoms with Crippen molar-refractivity contribution in [3.8, 4) is 0 Å².